The lowest BCUT2D eigenvalue weighted by Gasteiger charge is -2.08. The molecule has 0 bridgehead atoms. The second-order valence-electron chi connectivity index (χ2n) is 3.38. The number of phenolic OH excluding ortho intramolecular Hbond substituents is 1. The van der Waals surface area contributed by atoms with E-state index in [9.17, 15) is 10.2 Å². The number of aromatic hydroxyl groups is 1. The molecule has 0 saturated heterocycles. The first kappa shape index (κ1) is 8.09. The summed E-state index contributed by atoms with van der Waals surface area (Å²) in [6, 6.07) is 6.52. The van der Waals surface area contributed by atoms with Gasteiger partial charge in [-0.05, 0) is 30.5 Å². The molecule has 66 valence electrons. The molecule has 0 aliphatic heterocycles. The summed E-state index contributed by atoms with van der Waals surface area (Å²) >= 11 is 0. The summed E-state index contributed by atoms with van der Waals surface area (Å²) < 4.78 is 0. The van der Waals surface area contributed by atoms with Gasteiger partial charge in [-0.3, -0.25) is 0 Å². The normalized spacial score (nSPS) is 17.8. The van der Waals surface area contributed by atoms with Crippen LogP contribution in [0, 0.1) is 11.3 Å². The van der Waals surface area contributed by atoms with Crippen LogP contribution in [-0.4, -0.2) is 10.2 Å². The van der Waals surface area contributed by atoms with E-state index >= 15 is 0 Å². The van der Waals surface area contributed by atoms with Crippen LogP contribution in [0.5, 0.6) is 5.75 Å². The highest BCUT2D eigenvalue weighted by Gasteiger charge is 2.42. The molecule has 0 amide bonds. The van der Waals surface area contributed by atoms with E-state index in [0.717, 1.165) is 18.4 Å². The molecule has 1 fully saturated rings. The minimum Gasteiger partial charge on any atom is -0.507 e. The van der Waals surface area contributed by atoms with Crippen LogP contribution in [0.1, 0.15) is 24.0 Å². The van der Waals surface area contributed by atoms with Crippen molar-refractivity contribution in [1.29, 1.82) is 5.26 Å². The number of hydrogen-bond donors (Lipinski definition) is 2. The summed E-state index contributed by atoms with van der Waals surface area (Å²) in [6.45, 7) is 0. The molecule has 0 radical (unpaired) electrons. The Balaban J connectivity index is 2.46. The van der Waals surface area contributed by atoms with Gasteiger partial charge in [-0.15, -0.1) is 0 Å². The second-order valence-corrected chi connectivity index (χ2v) is 3.38. The van der Waals surface area contributed by atoms with Crippen molar-refractivity contribution < 1.29 is 10.2 Å². The van der Waals surface area contributed by atoms with E-state index in [0.29, 0.717) is 0 Å². The van der Waals surface area contributed by atoms with Gasteiger partial charge in [0.2, 0.25) is 0 Å². The molecule has 0 aromatic heterocycles. The first-order chi connectivity index (χ1) is 6.15. The van der Waals surface area contributed by atoms with Crippen LogP contribution in [0.25, 0.3) is 0 Å². The van der Waals surface area contributed by atoms with Gasteiger partial charge in [0, 0.05) is 0 Å². The Kier molecular flexibility index (Phi) is 1.54. The van der Waals surface area contributed by atoms with Gasteiger partial charge in [0.15, 0.2) is 0 Å². The molecule has 0 heterocycles. The van der Waals surface area contributed by atoms with Gasteiger partial charge in [0.1, 0.15) is 11.8 Å². The number of rotatable bonds is 1. The van der Waals surface area contributed by atoms with Crippen molar-refractivity contribution in [1.82, 2.24) is 0 Å². The smallest absolute Gasteiger partial charge is 0.133 e. The van der Waals surface area contributed by atoms with Crippen LogP contribution >= 0.6 is 0 Å². The summed E-state index contributed by atoms with van der Waals surface area (Å²) in [6.07, 6.45) is 1.48. The van der Waals surface area contributed by atoms with Crippen molar-refractivity contribution in [2.75, 3.05) is 0 Å². The number of benzene rings is 1. The maximum absolute atomic E-state index is 9.72. The first-order valence-electron chi connectivity index (χ1n) is 4.12. The average molecular weight is 175 g/mol. The Bertz CT molecular complexity index is 388. The topological polar surface area (TPSA) is 64.2 Å². The van der Waals surface area contributed by atoms with Gasteiger partial charge in [-0.25, -0.2) is 0 Å². The van der Waals surface area contributed by atoms with E-state index in [4.69, 9.17) is 5.26 Å². The van der Waals surface area contributed by atoms with Gasteiger partial charge in [-0.1, -0.05) is 6.07 Å². The number of nitrogens with zero attached hydrogens (tertiary/aromatic N) is 1. The molecule has 0 unspecified atom stereocenters. The first-order valence-corrected chi connectivity index (χ1v) is 4.12. The molecule has 0 atom stereocenters. The third-order valence-electron chi connectivity index (χ3n) is 2.38. The standard InChI is InChI=1S/C10H9NO2/c11-6-7-5-8(1-2-9(7)12)10(13)3-4-10/h1-2,5,12-13H,3-4H2. The molecule has 2 N–H and O–H groups in total. The van der Waals surface area contributed by atoms with Crippen molar-refractivity contribution in [2.24, 2.45) is 0 Å². The average Bonchev–Trinajstić information content (AvgIpc) is 2.86. The highest BCUT2D eigenvalue weighted by atomic mass is 16.3. The Hall–Kier alpha value is -1.53. The molecule has 0 spiro atoms. The maximum Gasteiger partial charge on any atom is 0.133 e. The van der Waals surface area contributed by atoms with Crippen LogP contribution in [0.2, 0.25) is 0 Å². The lowest BCUT2D eigenvalue weighted by molar-refractivity contribution is 0.151. The molecule has 3 heteroatoms. The Morgan fingerprint density at radius 1 is 1.38 bits per heavy atom. The third kappa shape index (κ3) is 1.25. The molecule has 1 aromatic rings. The molecule has 3 nitrogen and oxygen atoms in total. The fraction of sp³-hybridized carbons (Fsp3) is 0.300. The largest absolute Gasteiger partial charge is 0.507 e. The fourth-order valence-electron chi connectivity index (χ4n) is 1.32. The second kappa shape index (κ2) is 2.48. The van der Waals surface area contributed by atoms with Gasteiger partial charge in [0.25, 0.3) is 0 Å². The van der Waals surface area contributed by atoms with Crippen molar-refractivity contribution in [3.63, 3.8) is 0 Å². The molecular weight excluding hydrogens is 166 g/mol. The summed E-state index contributed by atoms with van der Waals surface area (Å²) in [7, 11) is 0. The van der Waals surface area contributed by atoms with Gasteiger partial charge in [-0.2, -0.15) is 5.26 Å². The predicted molar refractivity (Wildman–Crippen MR) is 46.0 cm³/mol. The quantitative estimate of drug-likeness (QED) is 0.675. The molecule has 2 rings (SSSR count). The Morgan fingerprint density at radius 3 is 2.62 bits per heavy atom. The van der Waals surface area contributed by atoms with Crippen molar-refractivity contribution in [3.05, 3.63) is 29.3 Å². The van der Waals surface area contributed by atoms with Crippen LogP contribution in [0.4, 0.5) is 0 Å². The van der Waals surface area contributed by atoms with Crippen molar-refractivity contribution in [3.8, 4) is 11.8 Å². The van der Waals surface area contributed by atoms with E-state index in [2.05, 4.69) is 0 Å². The molecule has 1 saturated carbocycles. The summed E-state index contributed by atoms with van der Waals surface area (Å²) in [5, 5.41) is 27.6. The van der Waals surface area contributed by atoms with Gasteiger partial charge in [0.05, 0.1) is 11.2 Å². The zero-order valence-electron chi connectivity index (χ0n) is 6.99. The number of aliphatic hydroxyl groups is 1. The van der Waals surface area contributed by atoms with E-state index in [-0.39, 0.29) is 11.3 Å². The van der Waals surface area contributed by atoms with E-state index < -0.39 is 5.60 Å². The molecule has 1 aliphatic carbocycles. The molecule has 1 aliphatic rings. The van der Waals surface area contributed by atoms with Crippen LogP contribution in [-0.2, 0) is 5.60 Å². The zero-order valence-corrected chi connectivity index (χ0v) is 6.99. The van der Waals surface area contributed by atoms with Crippen LogP contribution in [0.15, 0.2) is 18.2 Å². The summed E-state index contributed by atoms with van der Waals surface area (Å²) in [4.78, 5) is 0. The Morgan fingerprint density at radius 2 is 2.08 bits per heavy atom. The monoisotopic (exact) mass is 175 g/mol. The van der Waals surface area contributed by atoms with Gasteiger partial charge >= 0.3 is 0 Å². The maximum atomic E-state index is 9.72. The van der Waals surface area contributed by atoms with Crippen molar-refractivity contribution in [2.45, 2.75) is 18.4 Å². The predicted octanol–water partition coefficient (Wildman–Crippen LogP) is 1.25. The number of phenols is 1. The Labute approximate surface area is 75.9 Å². The fourth-order valence-corrected chi connectivity index (χ4v) is 1.32. The summed E-state index contributed by atoms with van der Waals surface area (Å²) in [5.74, 6) is -0.0319. The van der Waals surface area contributed by atoms with E-state index in [1.165, 1.54) is 6.07 Å². The van der Waals surface area contributed by atoms with Crippen molar-refractivity contribution >= 4 is 0 Å². The highest BCUT2D eigenvalue weighted by molar-refractivity contribution is 5.46. The minimum atomic E-state index is -0.737. The lowest BCUT2D eigenvalue weighted by atomic mass is 10.0. The molecule has 13 heavy (non-hydrogen) atoms. The third-order valence-corrected chi connectivity index (χ3v) is 2.38. The highest BCUT2D eigenvalue weighted by Crippen LogP contribution is 2.45. The number of nitriles is 1. The van der Waals surface area contributed by atoms with Crippen LogP contribution < -0.4 is 0 Å². The van der Waals surface area contributed by atoms with Gasteiger partial charge < -0.3 is 10.2 Å². The van der Waals surface area contributed by atoms with Crippen LogP contribution in [0.3, 0.4) is 0 Å². The zero-order chi connectivity index (χ0) is 9.47. The molecular formula is C10H9NO2. The van der Waals surface area contributed by atoms with E-state index in [1.54, 1.807) is 12.1 Å². The SMILES string of the molecule is N#Cc1cc(C2(O)CC2)ccc1O. The molecule has 1 aromatic carbocycles. The summed E-state index contributed by atoms with van der Waals surface area (Å²) in [5.41, 5.74) is 0.207. The minimum absolute atomic E-state index is 0.0319. The number of hydrogen-bond acceptors (Lipinski definition) is 3. The lowest BCUT2D eigenvalue weighted by Crippen LogP contribution is -2.03. The van der Waals surface area contributed by atoms with E-state index in [1.807, 2.05) is 6.07 Å².